The first-order valence-electron chi connectivity index (χ1n) is 7.94. The van der Waals surface area contributed by atoms with Gasteiger partial charge in [0.05, 0.1) is 5.88 Å². The summed E-state index contributed by atoms with van der Waals surface area (Å²) in [5.74, 6) is 2.10. The van der Waals surface area contributed by atoms with Crippen LogP contribution in [0.3, 0.4) is 0 Å². The molecule has 2 heterocycles. The van der Waals surface area contributed by atoms with Crippen LogP contribution in [0.1, 0.15) is 44.9 Å². The van der Waals surface area contributed by atoms with Crippen LogP contribution >= 0.6 is 11.8 Å². The van der Waals surface area contributed by atoms with E-state index in [0.717, 1.165) is 44.5 Å². The molecule has 4 nitrogen and oxygen atoms in total. The Labute approximate surface area is 125 Å². The number of rotatable bonds is 2. The maximum absolute atomic E-state index is 12.7. The zero-order chi connectivity index (χ0) is 13.9. The van der Waals surface area contributed by atoms with E-state index in [4.69, 9.17) is 0 Å². The molecule has 0 spiro atoms. The van der Waals surface area contributed by atoms with E-state index in [1.54, 1.807) is 11.8 Å². The van der Waals surface area contributed by atoms with Crippen LogP contribution in [0, 0.1) is 5.92 Å². The molecule has 3 rings (SSSR count). The third kappa shape index (κ3) is 2.83. The number of carbonyl (C=O) groups is 2. The monoisotopic (exact) mass is 296 g/mol. The van der Waals surface area contributed by atoms with Gasteiger partial charge in [0.25, 0.3) is 0 Å². The molecule has 3 fully saturated rings. The van der Waals surface area contributed by atoms with Crippen LogP contribution in [0.25, 0.3) is 0 Å². The molecule has 0 N–H and O–H groups in total. The van der Waals surface area contributed by atoms with Crippen molar-refractivity contribution in [1.82, 2.24) is 9.80 Å². The van der Waals surface area contributed by atoms with E-state index in [-0.39, 0.29) is 23.8 Å². The Morgan fingerprint density at radius 1 is 0.900 bits per heavy atom. The number of thioether (sulfide) groups is 1. The van der Waals surface area contributed by atoms with Gasteiger partial charge in [-0.25, -0.2) is 0 Å². The van der Waals surface area contributed by atoms with Gasteiger partial charge >= 0.3 is 0 Å². The smallest absolute Gasteiger partial charge is 0.246 e. The number of amides is 2. The molecule has 1 aliphatic carbocycles. The first-order chi connectivity index (χ1) is 9.77. The maximum atomic E-state index is 12.7. The van der Waals surface area contributed by atoms with E-state index in [0.29, 0.717) is 5.88 Å². The van der Waals surface area contributed by atoms with E-state index in [1.165, 1.54) is 19.3 Å². The van der Waals surface area contributed by atoms with Gasteiger partial charge < -0.3 is 9.80 Å². The summed E-state index contributed by atoms with van der Waals surface area (Å²) in [6.45, 7) is 1.76. The molecule has 2 amide bonds. The molecule has 3 aliphatic rings. The lowest BCUT2D eigenvalue weighted by Gasteiger charge is -2.31. The lowest BCUT2D eigenvalue weighted by Crippen LogP contribution is -2.50. The van der Waals surface area contributed by atoms with E-state index < -0.39 is 0 Å². The Bertz CT molecular complexity index is 376. The lowest BCUT2D eigenvalue weighted by atomic mass is 9.88. The van der Waals surface area contributed by atoms with E-state index in [2.05, 4.69) is 0 Å². The van der Waals surface area contributed by atoms with Crippen molar-refractivity contribution >= 4 is 23.6 Å². The predicted octanol–water partition coefficient (Wildman–Crippen LogP) is 2.09. The van der Waals surface area contributed by atoms with Gasteiger partial charge in [-0.1, -0.05) is 19.3 Å². The molecule has 112 valence electrons. The Morgan fingerprint density at radius 2 is 1.60 bits per heavy atom. The van der Waals surface area contributed by atoms with Gasteiger partial charge in [-0.2, -0.15) is 0 Å². The van der Waals surface area contributed by atoms with Gasteiger partial charge in [-0.3, -0.25) is 9.59 Å². The molecule has 1 unspecified atom stereocenters. The van der Waals surface area contributed by atoms with Gasteiger partial charge in [0.2, 0.25) is 11.8 Å². The summed E-state index contributed by atoms with van der Waals surface area (Å²) in [5, 5.41) is 0. The van der Waals surface area contributed by atoms with E-state index in [9.17, 15) is 9.59 Å². The van der Waals surface area contributed by atoms with Crippen molar-refractivity contribution < 1.29 is 9.59 Å². The van der Waals surface area contributed by atoms with Crippen LogP contribution < -0.4 is 0 Å². The summed E-state index contributed by atoms with van der Waals surface area (Å²) < 4.78 is 0. The fraction of sp³-hybridized carbons (Fsp3) is 0.867. The average Bonchev–Trinajstić information content (AvgIpc) is 3.18. The largest absolute Gasteiger partial charge is 0.341 e. The Balaban J connectivity index is 1.65. The second-order valence-corrected chi connectivity index (χ2v) is 7.19. The zero-order valence-electron chi connectivity index (χ0n) is 12.1. The molecule has 0 aromatic rings. The lowest BCUT2D eigenvalue weighted by molar-refractivity contribution is -0.145. The van der Waals surface area contributed by atoms with Crippen molar-refractivity contribution in [3.63, 3.8) is 0 Å². The van der Waals surface area contributed by atoms with Crippen LogP contribution in [-0.2, 0) is 9.59 Å². The highest BCUT2D eigenvalue weighted by Crippen LogP contribution is 2.30. The summed E-state index contributed by atoms with van der Waals surface area (Å²) in [6.07, 6.45) is 7.86. The summed E-state index contributed by atoms with van der Waals surface area (Å²) in [7, 11) is 0. The number of hydrogen-bond acceptors (Lipinski definition) is 3. The zero-order valence-corrected chi connectivity index (χ0v) is 12.9. The van der Waals surface area contributed by atoms with Crippen LogP contribution in [-0.4, -0.2) is 52.4 Å². The number of hydrogen-bond donors (Lipinski definition) is 0. The molecule has 0 bridgehead atoms. The number of likely N-dealkylation sites (tertiary alicyclic amines) is 1. The molecule has 20 heavy (non-hydrogen) atoms. The summed E-state index contributed by atoms with van der Waals surface area (Å²) in [6, 6.07) is -0.187. The van der Waals surface area contributed by atoms with Gasteiger partial charge in [-0.15, -0.1) is 11.8 Å². The van der Waals surface area contributed by atoms with Gasteiger partial charge in [-0.05, 0) is 25.7 Å². The molecular weight excluding hydrogens is 272 g/mol. The van der Waals surface area contributed by atoms with Crippen molar-refractivity contribution in [3.05, 3.63) is 0 Å². The number of carbonyl (C=O) groups excluding carboxylic acids is 2. The molecule has 2 saturated heterocycles. The van der Waals surface area contributed by atoms with Gasteiger partial charge in [0.1, 0.15) is 6.04 Å². The fourth-order valence-corrected chi connectivity index (χ4v) is 4.75. The van der Waals surface area contributed by atoms with Crippen LogP contribution in [0.15, 0.2) is 0 Å². The van der Waals surface area contributed by atoms with Crippen LogP contribution in [0.2, 0.25) is 0 Å². The maximum Gasteiger partial charge on any atom is 0.246 e. The third-order valence-electron chi connectivity index (χ3n) is 4.82. The number of nitrogens with zero attached hydrogens (tertiary/aromatic N) is 2. The normalized spacial score (nSPS) is 28.1. The standard InChI is InChI=1S/C15H24N2O2S/c18-14(12-6-2-1-3-7-12)17-11-20-10-13(17)15(19)16-8-4-5-9-16/h12-13H,1-11H2. The summed E-state index contributed by atoms with van der Waals surface area (Å²) in [5.41, 5.74) is 0. The minimum atomic E-state index is -0.187. The molecule has 2 aliphatic heterocycles. The second kappa shape index (κ2) is 6.37. The highest BCUT2D eigenvalue weighted by Gasteiger charge is 2.39. The molecule has 1 atom stereocenters. The second-order valence-electron chi connectivity index (χ2n) is 6.19. The van der Waals surface area contributed by atoms with Crippen molar-refractivity contribution in [2.45, 2.75) is 51.0 Å². The van der Waals surface area contributed by atoms with E-state index in [1.807, 2.05) is 9.80 Å². The molecule has 0 aromatic heterocycles. The van der Waals surface area contributed by atoms with Gasteiger partial charge in [0, 0.05) is 24.8 Å². The minimum Gasteiger partial charge on any atom is -0.341 e. The topological polar surface area (TPSA) is 40.6 Å². The van der Waals surface area contributed by atoms with Crippen LogP contribution in [0.4, 0.5) is 0 Å². The molecule has 1 saturated carbocycles. The Morgan fingerprint density at radius 3 is 2.30 bits per heavy atom. The molecular formula is C15H24N2O2S. The van der Waals surface area contributed by atoms with Crippen LogP contribution in [0.5, 0.6) is 0 Å². The summed E-state index contributed by atoms with van der Waals surface area (Å²) >= 11 is 1.73. The minimum absolute atomic E-state index is 0.177. The van der Waals surface area contributed by atoms with Crippen molar-refractivity contribution in [1.29, 1.82) is 0 Å². The van der Waals surface area contributed by atoms with Crippen molar-refractivity contribution in [3.8, 4) is 0 Å². The van der Waals surface area contributed by atoms with Crippen molar-refractivity contribution in [2.24, 2.45) is 5.92 Å². The van der Waals surface area contributed by atoms with E-state index >= 15 is 0 Å². The van der Waals surface area contributed by atoms with Crippen molar-refractivity contribution in [2.75, 3.05) is 24.7 Å². The first kappa shape index (κ1) is 14.2. The highest BCUT2D eigenvalue weighted by atomic mass is 32.2. The van der Waals surface area contributed by atoms with Gasteiger partial charge in [0.15, 0.2) is 0 Å². The average molecular weight is 296 g/mol. The summed E-state index contributed by atoms with van der Waals surface area (Å²) in [4.78, 5) is 29.1. The predicted molar refractivity (Wildman–Crippen MR) is 80.3 cm³/mol. The molecule has 5 heteroatoms. The molecule has 0 aromatic carbocycles. The highest BCUT2D eigenvalue weighted by molar-refractivity contribution is 7.99. The quantitative estimate of drug-likeness (QED) is 0.783. The SMILES string of the molecule is O=C(C1CSCN1C(=O)C1CCCCC1)N1CCCC1. The Kier molecular flexibility index (Phi) is 4.54. The first-order valence-corrected chi connectivity index (χ1v) is 9.10. The Hall–Kier alpha value is -0.710. The fourth-order valence-electron chi connectivity index (χ4n) is 3.60. The molecule has 0 radical (unpaired) electrons. The third-order valence-corrected chi connectivity index (χ3v) is 5.83.